The standard InChI is InChI=1S/C30H43NO9/c1-28-12-10-19(32)15-18(28)6-7-20-21-11-13-30(39,29(21,2)16-22(33)27(20)28)23(34)17-40-26(38)9-8-24(35)31-14-4-3-5-25(36)37/h15,20-22,27,33,39H,3-14,16-17H2,1-2H3,(H,31,35)(H,36,37)/t20-,21+,22-,27-,28-,29-,30-/m0/s1. The number of hydrogen-bond donors (Lipinski definition) is 4. The predicted molar refractivity (Wildman–Crippen MR) is 143 cm³/mol. The van der Waals surface area contributed by atoms with E-state index in [1.54, 1.807) is 6.08 Å². The monoisotopic (exact) mass is 561 g/mol. The van der Waals surface area contributed by atoms with E-state index in [2.05, 4.69) is 12.2 Å². The van der Waals surface area contributed by atoms with Crippen LogP contribution in [-0.4, -0.2) is 69.6 Å². The first-order valence-corrected chi connectivity index (χ1v) is 14.6. The van der Waals surface area contributed by atoms with E-state index < -0.39 is 41.4 Å². The lowest BCUT2D eigenvalue weighted by Crippen LogP contribution is -2.62. The van der Waals surface area contributed by atoms with Crippen molar-refractivity contribution in [3.05, 3.63) is 11.6 Å². The fraction of sp³-hybridized carbons (Fsp3) is 0.767. The van der Waals surface area contributed by atoms with Gasteiger partial charge < -0.3 is 25.4 Å². The van der Waals surface area contributed by atoms with Crippen LogP contribution in [0, 0.1) is 28.6 Å². The number of amides is 1. The lowest BCUT2D eigenvalue weighted by atomic mass is 9.45. The molecule has 3 saturated carbocycles. The maximum atomic E-state index is 13.3. The number of nitrogens with one attached hydrogen (secondary N) is 1. The van der Waals surface area contributed by atoms with Gasteiger partial charge in [0.25, 0.3) is 0 Å². The van der Waals surface area contributed by atoms with Gasteiger partial charge in [0.05, 0.1) is 12.5 Å². The Hall–Kier alpha value is -2.59. The fourth-order valence-electron chi connectivity index (χ4n) is 8.42. The predicted octanol–water partition coefficient (Wildman–Crippen LogP) is 2.48. The minimum Gasteiger partial charge on any atom is -0.481 e. The van der Waals surface area contributed by atoms with Gasteiger partial charge >= 0.3 is 11.9 Å². The zero-order valence-electron chi connectivity index (χ0n) is 23.6. The fourth-order valence-corrected chi connectivity index (χ4v) is 8.42. The molecule has 0 spiro atoms. The topological polar surface area (TPSA) is 167 Å². The highest BCUT2D eigenvalue weighted by molar-refractivity contribution is 5.92. The van der Waals surface area contributed by atoms with Crippen molar-refractivity contribution in [1.29, 1.82) is 0 Å². The van der Waals surface area contributed by atoms with Crippen LogP contribution in [-0.2, 0) is 28.7 Å². The average molecular weight is 562 g/mol. The van der Waals surface area contributed by atoms with E-state index in [9.17, 15) is 34.2 Å². The summed E-state index contributed by atoms with van der Waals surface area (Å²) >= 11 is 0. The van der Waals surface area contributed by atoms with E-state index >= 15 is 0 Å². The molecule has 0 radical (unpaired) electrons. The number of hydrogen-bond acceptors (Lipinski definition) is 8. The number of Topliss-reactive ketones (excluding diaryl/α,β-unsaturated/α-hetero) is 1. The zero-order valence-corrected chi connectivity index (χ0v) is 23.6. The summed E-state index contributed by atoms with van der Waals surface area (Å²) in [5.41, 5.74) is -1.73. The minimum atomic E-state index is -1.73. The molecular weight excluding hydrogens is 518 g/mol. The Balaban J connectivity index is 1.31. The molecule has 4 N–H and O–H groups in total. The summed E-state index contributed by atoms with van der Waals surface area (Å²) in [6.07, 6.45) is 5.61. The minimum absolute atomic E-state index is 0.0285. The van der Waals surface area contributed by atoms with Gasteiger partial charge in [-0.15, -0.1) is 0 Å². The van der Waals surface area contributed by atoms with E-state index in [0.29, 0.717) is 38.6 Å². The summed E-state index contributed by atoms with van der Waals surface area (Å²) in [6, 6.07) is 0. The van der Waals surface area contributed by atoms with Crippen LogP contribution < -0.4 is 5.32 Å². The Morgan fingerprint density at radius 2 is 1.80 bits per heavy atom. The first-order valence-electron chi connectivity index (χ1n) is 14.6. The Kier molecular flexibility index (Phi) is 8.90. The summed E-state index contributed by atoms with van der Waals surface area (Å²) in [5.74, 6) is -2.29. The molecule has 4 rings (SSSR count). The summed E-state index contributed by atoms with van der Waals surface area (Å²) in [4.78, 5) is 60.1. The number of fused-ring (bicyclic) bond motifs is 5. The van der Waals surface area contributed by atoms with Crippen molar-refractivity contribution in [1.82, 2.24) is 5.32 Å². The van der Waals surface area contributed by atoms with Gasteiger partial charge in [0, 0.05) is 31.2 Å². The number of carboxylic acids is 1. The van der Waals surface area contributed by atoms with Crippen LogP contribution in [0.25, 0.3) is 0 Å². The number of ether oxygens (including phenoxy) is 1. The molecule has 0 aromatic rings. The molecule has 1 amide bonds. The number of aliphatic hydroxyl groups is 2. The second kappa shape index (κ2) is 11.7. The Morgan fingerprint density at radius 1 is 1.05 bits per heavy atom. The van der Waals surface area contributed by atoms with Gasteiger partial charge in [-0.1, -0.05) is 19.4 Å². The van der Waals surface area contributed by atoms with Crippen molar-refractivity contribution in [2.24, 2.45) is 28.6 Å². The highest BCUT2D eigenvalue weighted by Gasteiger charge is 2.68. The van der Waals surface area contributed by atoms with Crippen molar-refractivity contribution in [2.75, 3.05) is 13.2 Å². The molecule has 0 heterocycles. The molecule has 0 unspecified atom stereocenters. The van der Waals surface area contributed by atoms with Crippen molar-refractivity contribution in [2.45, 2.75) is 103 Å². The highest BCUT2D eigenvalue weighted by Crippen LogP contribution is 2.67. The van der Waals surface area contributed by atoms with Crippen LogP contribution in [0.1, 0.15) is 90.9 Å². The van der Waals surface area contributed by atoms with Gasteiger partial charge in [-0.05, 0) is 80.6 Å². The van der Waals surface area contributed by atoms with Crippen molar-refractivity contribution < 1.29 is 44.0 Å². The van der Waals surface area contributed by atoms with Gasteiger partial charge in [0.2, 0.25) is 11.7 Å². The molecule has 4 aliphatic rings. The summed E-state index contributed by atoms with van der Waals surface area (Å²) in [5, 5.41) is 34.5. The second-order valence-electron chi connectivity index (χ2n) is 12.8. The van der Waals surface area contributed by atoms with Crippen molar-refractivity contribution in [3.63, 3.8) is 0 Å². The third-order valence-corrected chi connectivity index (χ3v) is 10.6. The largest absolute Gasteiger partial charge is 0.481 e. The summed E-state index contributed by atoms with van der Waals surface area (Å²) in [6.45, 7) is 3.75. The van der Waals surface area contributed by atoms with Crippen LogP contribution in [0.15, 0.2) is 11.6 Å². The molecule has 10 nitrogen and oxygen atoms in total. The summed E-state index contributed by atoms with van der Waals surface area (Å²) < 4.78 is 5.16. The number of rotatable bonds is 11. The summed E-state index contributed by atoms with van der Waals surface area (Å²) in [7, 11) is 0. The molecule has 40 heavy (non-hydrogen) atoms. The zero-order chi connectivity index (χ0) is 29.3. The van der Waals surface area contributed by atoms with E-state index in [1.807, 2.05) is 6.92 Å². The van der Waals surface area contributed by atoms with Crippen molar-refractivity contribution in [3.8, 4) is 0 Å². The van der Waals surface area contributed by atoms with Gasteiger partial charge in [-0.3, -0.25) is 24.0 Å². The number of allylic oxidation sites excluding steroid dienone is 1. The number of aliphatic carboxylic acids is 1. The van der Waals surface area contributed by atoms with Gasteiger partial charge in [-0.25, -0.2) is 0 Å². The van der Waals surface area contributed by atoms with Crippen LogP contribution in [0.4, 0.5) is 0 Å². The third-order valence-electron chi connectivity index (χ3n) is 10.6. The number of ketones is 2. The first kappa shape index (κ1) is 30.4. The lowest BCUT2D eigenvalue weighted by molar-refractivity contribution is -0.184. The van der Waals surface area contributed by atoms with Gasteiger partial charge in [-0.2, -0.15) is 0 Å². The number of carboxylic acid groups (broad SMARTS) is 1. The van der Waals surface area contributed by atoms with E-state index in [4.69, 9.17) is 9.84 Å². The molecule has 10 heteroatoms. The first-order chi connectivity index (χ1) is 18.8. The van der Waals surface area contributed by atoms with Gasteiger partial charge in [0.1, 0.15) is 5.60 Å². The molecule has 0 aromatic heterocycles. The Labute approximate surface area is 234 Å². The molecule has 4 aliphatic carbocycles. The molecule has 0 aromatic carbocycles. The average Bonchev–Trinajstić information content (AvgIpc) is 3.16. The maximum absolute atomic E-state index is 13.3. The van der Waals surface area contributed by atoms with Crippen LogP contribution >= 0.6 is 0 Å². The SMILES string of the molecule is C[C@]12CCC(=O)C=C1CC[C@@H]1[C@H]2[C@@H](O)C[C@@]2(C)[C@@H]1CC[C@]2(O)C(=O)COC(=O)CCC(=O)NCCCCC(=O)O. The lowest BCUT2D eigenvalue weighted by Gasteiger charge is -2.60. The number of aliphatic hydroxyl groups excluding tert-OH is 1. The van der Waals surface area contributed by atoms with Crippen LogP contribution in [0.2, 0.25) is 0 Å². The number of esters is 1. The van der Waals surface area contributed by atoms with Crippen molar-refractivity contribution >= 4 is 29.4 Å². The third kappa shape index (κ3) is 5.62. The maximum Gasteiger partial charge on any atom is 0.306 e. The van der Waals surface area contributed by atoms with Crippen LogP contribution in [0.3, 0.4) is 0 Å². The quantitative estimate of drug-likeness (QED) is 0.219. The normalized spacial score (nSPS) is 36.5. The molecule has 0 saturated heterocycles. The second-order valence-corrected chi connectivity index (χ2v) is 12.8. The molecule has 0 bridgehead atoms. The Morgan fingerprint density at radius 3 is 2.52 bits per heavy atom. The Bertz CT molecular complexity index is 1090. The molecular formula is C30H43NO9. The highest BCUT2D eigenvalue weighted by atomic mass is 16.5. The van der Waals surface area contributed by atoms with E-state index in [1.165, 1.54) is 0 Å². The smallest absolute Gasteiger partial charge is 0.306 e. The van der Waals surface area contributed by atoms with Crippen LogP contribution in [0.5, 0.6) is 0 Å². The number of unbranched alkanes of at least 4 members (excludes halogenated alkanes) is 1. The molecule has 7 atom stereocenters. The van der Waals surface area contributed by atoms with Gasteiger partial charge in [0.15, 0.2) is 12.4 Å². The number of carbonyl (C=O) groups is 5. The molecule has 0 aliphatic heterocycles. The molecule has 222 valence electrons. The molecule has 3 fully saturated rings. The number of carbonyl (C=O) groups excluding carboxylic acids is 4. The van der Waals surface area contributed by atoms with E-state index in [-0.39, 0.29) is 67.0 Å². The van der Waals surface area contributed by atoms with E-state index in [0.717, 1.165) is 18.4 Å².